The van der Waals surface area contributed by atoms with Gasteiger partial charge in [-0.15, -0.1) is 11.3 Å². The molecule has 0 spiro atoms. The lowest BCUT2D eigenvalue weighted by atomic mass is 10.0. The SMILES string of the molecule is COc1ccc(F)cc1C(N)c1cc2c(s1)CCC2. The number of thiophene rings is 1. The van der Waals surface area contributed by atoms with E-state index in [1.54, 1.807) is 24.5 Å². The highest BCUT2D eigenvalue weighted by atomic mass is 32.1. The van der Waals surface area contributed by atoms with Crippen LogP contribution in [-0.2, 0) is 12.8 Å². The first-order valence-electron chi connectivity index (χ1n) is 6.39. The number of hydrogen-bond acceptors (Lipinski definition) is 3. The summed E-state index contributed by atoms with van der Waals surface area (Å²) in [7, 11) is 1.58. The smallest absolute Gasteiger partial charge is 0.124 e. The van der Waals surface area contributed by atoms with Crippen LogP contribution in [0.5, 0.6) is 5.75 Å². The molecule has 0 saturated carbocycles. The Morgan fingerprint density at radius 3 is 2.89 bits per heavy atom. The van der Waals surface area contributed by atoms with E-state index in [4.69, 9.17) is 10.5 Å². The van der Waals surface area contributed by atoms with Crippen LogP contribution in [0, 0.1) is 5.82 Å². The lowest BCUT2D eigenvalue weighted by Gasteiger charge is -2.14. The Balaban J connectivity index is 1.98. The number of fused-ring (bicyclic) bond motifs is 1. The van der Waals surface area contributed by atoms with Gasteiger partial charge >= 0.3 is 0 Å². The van der Waals surface area contributed by atoms with E-state index < -0.39 is 0 Å². The van der Waals surface area contributed by atoms with Crippen LogP contribution in [-0.4, -0.2) is 7.11 Å². The van der Waals surface area contributed by atoms with Crippen molar-refractivity contribution in [1.82, 2.24) is 0 Å². The van der Waals surface area contributed by atoms with Crippen LogP contribution >= 0.6 is 11.3 Å². The molecule has 0 radical (unpaired) electrons. The first-order valence-corrected chi connectivity index (χ1v) is 7.21. The largest absolute Gasteiger partial charge is 0.496 e. The molecule has 2 aromatic rings. The van der Waals surface area contributed by atoms with Gasteiger partial charge in [-0.25, -0.2) is 4.39 Å². The fourth-order valence-electron chi connectivity index (χ4n) is 2.61. The van der Waals surface area contributed by atoms with Gasteiger partial charge in [0, 0.05) is 15.3 Å². The van der Waals surface area contributed by atoms with Crippen LogP contribution < -0.4 is 10.5 Å². The molecule has 3 rings (SSSR count). The van der Waals surface area contributed by atoms with Crippen molar-refractivity contribution in [2.45, 2.75) is 25.3 Å². The zero-order valence-corrected chi connectivity index (χ0v) is 11.6. The van der Waals surface area contributed by atoms with Crippen LogP contribution in [0.15, 0.2) is 24.3 Å². The van der Waals surface area contributed by atoms with Crippen LogP contribution in [0.3, 0.4) is 0 Å². The molecule has 1 aliphatic carbocycles. The summed E-state index contributed by atoms with van der Waals surface area (Å²) in [4.78, 5) is 2.52. The third-order valence-corrected chi connectivity index (χ3v) is 4.92. The Morgan fingerprint density at radius 2 is 2.16 bits per heavy atom. The molecule has 0 bridgehead atoms. The molecule has 0 amide bonds. The van der Waals surface area contributed by atoms with Crippen molar-refractivity contribution in [2.75, 3.05) is 7.11 Å². The molecule has 2 N–H and O–H groups in total. The molecular formula is C15H16FNOS. The van der Waals surface area contributed by atoms with Crippen LogP contribution in [0.4, 0.5) is 4.39 Å². The number of rotatable bonds is 3. The van der Waals surface area contributed by atoms with E-state index in [0.29, 0.717) is 11.3 Å². The van der Waals surface area contributed by atoms with E-state index in [-0.39, 0.29) is 11.9 Å². The van der Waals surface area contributed by atoms with Gasteiger partial charge in [-0.1, -0.05) is 0 Å². The number of hydrogen-bond donors (Lipinski definition) is 1. The lowest BCUT2D eigenvalue weighted by molar-refractivity contribution is 0.406. The van der Waals surface area contributed by atoms with Crippen LogP contribution in [0.25, 0.3) is 0 Å². The maximum atomic E-state index is 13.4. The van der Waals surface area contributed by atoms with Crippen LogP contribution in [0.1, 0.15) is 33.3 Å². The summed E-state index contributed by atoms with van der Waals surface area (Å²) in [6, 6.07) is 6.34. The number of halogens is 1. The summed E-state index contributed by atoms with van der Waals surface area (Å²) in [5.74, 6) is 0.359. The first kappa shape index (κ1) is 12.6. The van der Waals surface area contributed by atoms with E-state index in [2.05, 4.69) is 6.07 Å². The van der Waals surface area contributed by atoms with Gasteiger partial charge < -0.3 is 10.5 Å². The monoisotopic (exact) mass is 277 g/mol. The van der Waals surface area contributed by atoms with Gasteiger partial charge in [-0.2, -0.15) is 0 Å². The summed E-state index contributed by atoms with van der Waals surface area (Å²) in [6.07, 6.45) is 3.52. The minimum Gasteiger partial charge on any atom is -0.496 e. The standard InChI is InChI=1S/C15H16FNOS/c1-18-12-6-5-10(16)8-11(12)15(17)14-7-9-3-2-4-13(9)19-14/h5-8,15H,2-4,17H2,1H3. The minimum atomic E-state index is -0.318. The van der Waals surface area contributed by atoms with Crippen molar-refractivity contribution in [3.63, 3.8) is 0 Å². The fourth-order valence-corrected chi connectivity index (χ4v) is 3.88. The number of methoxy groups -OCH3 is 1. The highest BCUT2D eigenvalue weighted by Crippen LogP contribution is 2.37. The molecule has 1 heterocycles. The molecule has 1 aliphatic rings. The molecule has 1 atom stereocenters. The molecular weight excluding hydrogens is 261 g/mol. The summed E-state index contributed by atoms with van der Waals surface area (Å²) < 4.78 is 18.7. The van der Waals surface area contributed by atoms with E-state index in [1.807, 2.05) is 0 Å². The van der Waals surface area contributed by atoms with Gasteiger partial charge in [0.25, 0.3) is 0 Å². The van der Waals surface area contributed by atoms with E-state index in [9.17, 15) is 4.39 Å². The Labute approximate surface area is 116 Å². The Hall–Kier alpha value is -1.39. The molecule has 0 fully saturated rings. The number of aryl methyl sites for hydroxylation is 2. The molecule has 19 heavy (non-hydrogen) atoms. The first-order chi connectivity index (χ1) is 9.19. The quantitative estimate of drug-likeness (QED) is 0.933. The highest BCUT2D eigenvalue weighted by Gasteiger charge is 2.21. The van der Waals surface area contributed by atoms with E-state index >= 15 is 0 Å². The van der Waals surface area contributed by atoms with Gasteiger partial charge in [0.15, 0.2) is 0 Å². The summed E-state index contributed by atoms with van der Waals surface area (Å²) in [5.41, 5.74) is 8.41. The molecule has 0 aliphatic heterocycles. The third-order valence-electron chi connectivity index (χ3n) is 3.60. The Bertz CT molecular complexity index is 587. The molecule has 1 aromatic heterocycles. The predicted octanol–water partition coefficient (Wildman–Crippen LogP) is 3.43. The van der Waals surface area contributed by atoms with Gasteiger partial charge in [-0.05, 0) is 49.1 Å². The maximum Gasteiger partial charge on any atom is 0.124 e. The molecule has 4 heteroatoms. The van der Waals surface area contributed by atoms with Crippen molar-refractivity contribution >= 4 is 11.3 Å². The molecule has 0 saturated heterocycles. The Morgan fingerprint density at radius 1 is 1.32 bits per heavy atom. The number of nitrogens with two attached hydrogens (primary N) is 1. The summed E-state index contributed by atoms with van der Waals surface area (Å²) >= 11 is 1.75. The zero-order valence-electron chi connectivity index (χ0n) is 10.8. The molecule has 100 valence electrons. The molecule has 1 aromatic carbocycles. The second kappa shape index (κ2) is 4.94. The highest BCUT2D eigenvalue weighted by molar-refractivity contribution is 7.12. The maximum absolute atomic E-state index is 13.4. The van der Waals surface area contributed by atoms with Crippen LogP contribution in [0.2, 0.25) is 0 Å². The second-order valence-corrected chi connectivity index (χ2v) is 5.98. The minimum absolute atomic E-state index is 0.282. The van der Waals surface area contributed by atoms with E-state index in [0.717, 1.165) is 17.7 Å². The topological polar surface area (TPSA) is 35.2 Å². The van der Waals surface area contributed by atoms with Crippen molar-refractivity contribution in [1.29, 1.82) is 0 Å². The summed E-state index contributed by atoms with van der Waals surface area (Å²) in [5, 5.41) is 0. The second-order valence-electron chi connectivity index (χ2n) is 4.81. The average Bonchev–Trinajstić information content (AvgIpc) is 2.98. The molecule has 1 unspecified atom stereocenters. The predicted molar refractivity (Wildman–Crippen MR) is 75.3 cm³/mol. The van der Waals surface area contributed by atoms with Crippen molar-refractivity contribution < 1.29 is 9.13 Å². The van der Waals surface area contributed by atoms with Crippen molar-refractivity contribution in [3.8, 4) is 5.75 Å². The average molecular weight is 277 g/mol. The zero-order chi connectivity index (χ0) is 13.4. The van der Waals surface area contributed by atoms with E-state index in [1.165, 1.54) is 29.0 Å². The number of ether oxygens (including phenoxy) is 1. The van der Waals surface area contributed by atoms with Crippen molar-refractivity contribution in [3.05, 3.63) is 51.0 Å². The van der Waals surface area contributed by atoms with Gasteiger partial charge in [0.1, 0.15) is 11.6 Å². The molecule has 2 nitrogen and oxygen atoms in total. The number of benzene rings is 1. The van der Waals surface area contributed by atoms with Gasteiger partial charge in [0.2, 0.25) is 0 Å². The lowest BCUT2D eigenvalue weighted by Crippen LogP contribution is -2.12. The Kier molecular flexibility index (Phi) is 3.29. The normalized spacial score (nSPS) is 15.3. The van der Waals surface area contributed by atoms with Gasteiger partial charge in [-0.3, -0.25) is 0 Å². The summed E-state index contributed by atoms with van der Waals surface area (Å²) in [6.45, 7) is 0. The fraction of sp³-hybridized carbons (Fsp3) is 0.333. The van der Waals surface area contributed by atoms with Crippen molar-refractivity contribution in [2.24, 2.45) is 5.73 Å². The van der Waals surface area contributed by atoms with Gasteiger partial charge in [0.05, 0.1) is 13.2 Å². The third kappa shape index (κ3) is 2.26.